The molecule has 0 saturated carbocycles. The minimum absolute atomic E-state index is 0.000401. The lowest BCUT2D eigenvalue weighted by molar-refractivity contribution is -0.272. The van der Waals surface area contributed by atoms with Crippen molar-refractivity contribution in [1.82, 2.24) is 4.98 Å². The predicted octanol–water partition coefficient (Wildman–Crippen LogP) is 4.81. The van der Waals surface area contributed by atoms with Gasteiger partial charge < -0.3 is 26.0 Å². The third-order valence-electron chi connectivity index (χ3n) is 5.82. The van der Waals surface area contributed by atoms with E-state index in [2.05, 4.69) is 16.0 Å². The molecule has 37 heavy (non-hydrogen) atoms. The summed E-state index contributed by atoms with van der Waals surface area (Å²) in [5, 5.41) is 22.6. The number of alkyl halides is 3. The molecule has 7 nitrogen and oxygen atoms in total. The second kappa shape index (κ2) is 15.4. The lowest BCUT2D eigenvalue weighted by atomic mass is 9.74. The Morgan fingerprint density at radius 3 is 2.30 bits per heavy atom. The molecular weight excluding hydrogens is 501 g/mol. The summed E-state index contributed by atoms with van der Waals surface area (Å²) in [5.74, 6) is -5.73. The van der Waals surface area contributed by atoms with Crippen molar-refractivity contribution in [1.29, 1.82) is 0 Å². The van der Waals surface area contributed by atoms with E-state index in [-0.39, 0.29) is 24.2 Å². The summed E-state index contributed by atoms with van der Waals surface area (Å²) in [6.45, 7) is 5.37. The normalized spacial score (nSPS) is 14.1. The molecular formula is C25H36F5N3O4. The molecule has 3 atom stereocenters. The molecule has 0 aliphatic heterocycles. The summed E-state index contributed by atoms with van der Waals surface area (Å²) in [6.07, 6.45) is -3.29. The van der Waals surface area contributed by atoms with E-state index < -0.39 is 47.6 Å². The first-order chi connectivity index (χ1) is 17.4. The molecule has 12 heteroatoms. The molecule has 0 fully saturated rings. The van der Waals surface area contributed by atoms with Crippen LogP contribution >= 0.6 is 0 Å². The Kier molecular flexibility index (Phi) is 14.2. The van der Waals surface area contributed by atoms with Crippen LogP contribution in [0.5, 0.6) is 5.75 Å². The lowest BCUT2D eigenvalue weighted by Gasteiger charge is -2.38. The van der Waals surface area contributed by atoms with Crippen molar-refractivity contribution in [3.05, 3.63) is 52.9 Å². The van der Waals surface area contributed by atoms with Gasteiger partial charge in [-0.25, -0.2) is 4.39 Å². The van der Waals surface area contributed by atoms with E-state index in [0.717, 1.165) is 26.2 Å². The van der Waals surface area contributed by atoms with Crippen LogP contribution in [0.2, 0.25) is 0 Å². The Balaban J connectivity index is 0.00000308. The minimum atomic E-state index is -4.99. The number of aliphatic hydroxyl groups excluding tert-OH is 1. The van der Waals surface area contributed by atoms with Crippen molar-refractivity contribution in [3.8, 4) is 5.75 Å². The average molecular weight is 538 g/mol. The third kappa shape index (κ3) is 8.34. The van der Waals surface area contributed by atoms with Crippen molar-refractivity contribution in [2.75, 3.05) is 26.0 Å². The number of methoxy groups -OCH3 is 1. The Morgan fingerprint density at radius 1 is 1.22 bits per heavy atom. The molecule has 5 N–H and O–H groups in total. The standard InChI is InChI=1S/C22H25F5N2O4.C2H6.CH5N/c1-12(21(2,32)22(25,26)27)15(16-4-5-17(23)19(24)20(16)33-3)6-7-28-18-8-14(11-31)29-9-13(18)10-30;2*1-2/h4-5,8-9,11-12,15,30,32H,6-7,10H2,1-3H3,(H,28,29);1-2H3;2H2,1H3/t12?,15?,21-;;/m1../s1. The number of aromatic nitrogens is 1. The Morgan fingerprint density at radius 2 is 1.81 bits per heavy atom. The van der Waals surface area contributed by atoms with Gasteiger partial charge in [0.05, 0.1) is 13.7 Å². The number of nitrogens with zero attached hydrogens (tertiary/aromatic N) is 1. The fourth-order valence-corrected chi connectivity index (χ4v) is 3.59. The Bertz CT molecular complexity index is 988. The fourth-order valence-electron chi connectivity index (χ4n) is 3.59. The molecule has 0 aliphatic carbocycles. The van der Waals surface area contributed by atoms with E-state index in [1.54, 1.807) is 0 Å². The van der Waals surface area contributed by atoms with Gasteiger partial charge >= 0.3 is 6.18 Å². The zero-order valence-electron chi connectivity index (χ0n) is 21.8. The third-order valence-corrected chi connectivity index (χ3v) is 5.82. The van der Waals surface area contributed by atoms with Crippen LogP contribution in [-0.2, 0) is 6.61 Å². The number of nitrogens with two attached hydrogens (primary N) is 1. The van der Waals surface area contributed by atoms with Gasteiger partial charge in [-0.2, -0.15) is 17.6 Å². The monoisotopic (exact) mass is 537 g/mol. The first-order valence-corrected chi connectivity index (χ1v) is 11.6. The van der Waals surface area contributed by atoms with Crippen molar-refractivity contribution < 1.29 is 41.7 Å². The number of hydrogen-bond acceptors (Lipinski definition) is 7. The number of carbonyl (C=O) groups excluding carboxylic acids is 1. The van der Waals surface area contributed by atoms with Gasteiger partial charge in [0.15, 0.2) is 23.5 Å². The maximum atomic E-state index is 14.3. The second-order valence-electron chi connectivity index (χ2n) is 7.78. The molecule has 2 unspecified atom stereocenters. The maximum absolute atomic E-state index is 14.3. The zero-order valence-corrected chi connectivity index (χ0v) is 21.8. The molecule has 0 radical (unpaired) electrons. The molecule has 0 aliphatic rings. The van der Waals surface area contributed by atoms with E-state index in [1.807, 2.05) is 13.8 Å². The summed E-state index contributed by atoms with van der Waals surface area (Å²) in [6, 6.07) is 3.27. The molecule has 0 spiro atoms. The molecule has 0 bridgehead atoms. The van der Waals surface area contributed by atoms with Gasteiger partial charge in [0.25, 0.3) is 0 Å². The Labute approximate surface area is 213 Å². The van der Waals surface area contributed by atoms with E-state index in [0.29, 0.717) is 24.5 Å². The van der Waals surface area contributed by atoms with Crippen LogP contribution in [-0.4, -0.2) is 54.0 Å². The molecule has 0 saturated heterocycles. The number of aliphatic hydroxyl groups is 2. The van der Waals surface area contributed by atoms with Gasteiger partial charge in [0, 0.05) is 35.5 Å². The highest BCUT2D eigenvalue weighted by Gasteiger charge is 2.55. The van der Waals surface area contributed by atoms with Crippen LogP contribution in [0.15, 0.2) is 24.4 Å². The van der Waals surface area contributed by atoms with Crippen LogP contribution in [0.25, 0.3) is 0 Å². The molecule has 1 heterocycles. The SMILES string of the molecule is CC.CN.COc1c(C(CCNc2cc(C=O)ncc2CO)C(C)[C@@](C)(O)C(F)(F)F)ccc(F)c1F. The fraction of sp³-hybridized carbons (Fsp3) is 0.520. The quantitative estimate of drug-likeness (QED) is 0.254. The van der Waals surface area contributed by atoms with Gasteiger partial charge in [-0.05, 0) is 38.4 Å². The smallest absolute Gasteiger partial charge is 0.417 e. The van der Waals surface area contributed by atoms with E-state index in [1.165, 1.54) is 19.3 Å². The average Bonchev–Trinajstić information content (AvgIpc) is 2.89. The number of halogens is 5. The molecule has 210 valence electrons. The van der Waals surface area contributed by atoms with Gasteiger partial charge in [-0.15, -0.1) is 0 Å². The number of ether oxygens (including phenoxy) is 1. The van der Waals surface area contributed by atoms with Crippen molar-refractivity contribution in [3.63, 3.8) is 0 Å². The molecule has 0 amide bonds. The van der Waals surface area contributed by atoms with Gasteiger partial charge in [-0.3, -0.25) is 9.78 Å². The van der Waals surface area contributed by atoms with Crippen molar-refractivity contribution in [2.45, 2.75) is 58.4 Å². The number of benzene rings is 1. The predicted molar refractivity (Wildman–Crippen MR) is 132 cm³/mol. The first-order valence-electron chi connectivity index (χ1n) is 11.6. The van der Waals surface area contributed by atoms with E-state index in [4.69, 9.17) is 4.74 Å². The number of nitrogens with one attached hydrogen (secondary N) is 1. The molecule has 1 aromatic carbocycles. The van der Waals surface area contributed by atoms with Crippen LogP contribution < -0.4 is 15.8 Å². The number of rotatable bonds is 10. The van der Waals surface area contributed by atoms with Crippen LogP contribution in [0.3, 0.4) is 0 Å². The van der Waals surface area contributed by atoms with Gasteiger partial charge in [-0.1, -0.05) is 26.8 Å². The highest BCUT2D eigenvalue weighted by molar-refractivity contribution is 5.74. The van der Waals surface area contributed by atoms with Crippen LogP contribution in [0.4, 0.5) is 27.6 Å². The number of hydrogen-bond donors (Lipinski definition) is 4. The number of anilines is 1. The maximum Gasteiger partial charge on any atom is 0.417 e. The Hall–Kier alpha value is -2.83. The molecule has 2 aromatic rings. The van der Waals surface area contributed by atoms with E-state index >= 15 is 0 Å². The summed E-state index contributed by atoms with van der Waals surface area (Å²) in [7, 11) is 2.56. The summed E-state index contributed by atoms with van der Waals surface area (Å²) in [5.41, 5.74) is 2.06. The van der Waals surface area contributed by atoms with Crippen LogP contribution in [0, 0.1) is 17.6 Å². The highest BCUT2D eigenvalue weighted by Crippen LogP contribution is 2.46. The largest absolute Gasteiger partial charge is 0.493 e. The molecule has 2 rings (SSSR count). The summed E-state index contributed by atoms with van der Waals surface area (Å²) in [4.78, 5) is 14.8. The highest BCUT2D eigenvalue weighted by atomic mass is 19.4. The van der Waals surface area contributed by atoms with E-state index in [9.17, 15) is 37.0 Å². The topological polar surface area (TPSA) is 118 Å². The number of aldehydes is 1. The lowest BCUT2D eigenvalue weighted by Crippen LogP contribution is -2.49. The number of pyridine rings is 1. The second-order valence-corrected chi connectivity index (χ2v) is 7.78. The summed E-state index contributed by atoms with van der Waals surface area (Å²) < 4.78 is 73.6. The van der Waals surface area contributed by atoms with Gasteiger partial charge in [0.1, 0.15) is 5.69 Å². The minimum Gasteiger partial charge on any atom is -0.493 e. The van der Waals surface area contributed by atoms with Crippen molar-refractivity contribution in [2.24, 2.45) is 11.7 Å². The summed E-state index contributed by atoms with van der Waals surface area (Å²) >= 11 is 0. The molecule has 1 aromatic heterocycles. The van der Waals surface area contributed by atoms with Crippen LogP contribution in [0.1, 0.15) is 61.6 Å². The number of carbonyl (C=O) groups is 1. The van der Waals surface area contributed by atoms with Gasteiger partial charge in [0.2, 0.25) is 5.82 Å². The zero-order chi connectivity index (χ0) is 29.0. The first kappa shape index (κ1) is 34.2. The van der Waals surface area contributed by atoms with Crippen molar-refractivity contribution >= 4 is 12.0 Å².